The molecule has 0 saturated heterocycles. The third kappa shape index (κ3) is 5.17. The van der Waals surface area contributed by atoms with E-state index in [2.05, 4.69) is 10.3 Å². The van der Waals surface area contributed by atoms with Crippen LogP contribution in [-0.2, 0) is 11.2 Å². The van der Waals surface area contributed by atoms with Gasteiger partial charge in [-0.1, -0.05) is 11.8 Å². The second-order valence-electron chi connectivity index (χ2n) is 6.41. The van der Waals surface area contributed by atoms with E-state index < -0.39 is 0 Å². The van der Waals surface area contributed by atoms with Crippen LogP contribution in [0.15, 0.2) is 52.2 Å². The third-order valence-corrected chi connectivity index (χ3v) is 6.26. The molecule has 30 heavy (non-hydrogen) atoms. The van der Waals surface area contributed by atoms with Crippen LogP contribution in [0.1, 0.15) is 16.1 Å². The van der Waals surface area contributed by atoms with Crippen molar-refractivity contribution in [2.45, 2.75) is 10.8 Å². The SMILES string of the molecule is O=C(Cc1csc(SCC(=O)c2ccc(F)cc2)n1)Nc1ccc2c(c1)OCCO2. The Balaban J connectivity index is 1.29. The fourth-order valence-electron chi connectivity index (χ4n) is 2.77. The minimum Gasteiger partial charge on any atom is -0.486 e. The number of hydrogen-bond donors (Lipinski definition) is 1. The average Bonchev–Trinajstić information content (AvgIpc) is 3.19. The summed E-state index contributed by atoms with van der Waals surface area (Å²) in [6.07, 6.45) is 0.122. The third-order valence-electron chi connectivity index (χ3n) is 4.19. The Kier molecular flexibility index (Phi) is 6.29. The second kappa shape index (κ2) is 9.27. The van der Waals surface area contributed by atoms with Crippen LogP contribution in [0.2, 0.25) is 0 Å². The maximum Gasteiger partial charge on any atom is 0.230 e. The topological polar surface area (TPSA) is 77.5 Å². The number of thiazole rings is 1. The molecule has 0 saturated carbocycles. The number of ether oxygens (including phenoxy) is 2. The van der Waals surface area contributed by atoms with Gasteiger partial charge in [-0.15, -0.1) is 11.3 Å². The molecule has 3 aromatic rings. The van der Waals surface area contributed by atoms with Crippen molar-refractivity contribution in [3.8, 4) is 11.5 Å². The fourth-order valence-corrected chi connectivity index (χ4v) is 4.51. The number of nitrogens with zero attached hydrogens (tertiary/aromatic N) is 1. The molecule has 0 unspecified atom stereocenters. The zero-order valence-electron chi connectivity index (χ0n) is 15.7. The molecule has 1 aliphatic rings. The van der Waals surface area contributed by atoms with Crippen LogP contribution in [0.25, 0.3) is 0 Å². The number of nitrogens with one attached hydrogen (secondary N) is 1. The highest BCUT2D eigenvalue weighted by atomic mass is 32.2. The number of hydrogen-bond acceptors (Lipinski definition) is 7. The molecule has 154 valence electrons. The summed E-state index contributed by atoms with van der Waals surface area (Å²) in [6.45, 7) is 0.992. The molecule has 0 fully saturated rings. The highest BCUT2D eigenvalue weighted by Gasteiger charge is 2.14. The molecule has 4 rings (SSSR count). The summed E-state index contributed by atoms with van der Waals surface area (Å²) in [5, 5.41) is 4.62. The molecule has 2 heterocycles. The van der Waals surface area contributed by atoms with Gasteiger partial charge in [0.2, 0.25) is 5.91 Å². The van der Waals surface area contributed by atoms with Crippen molar-refractivity contribution in [1.29, 1.82) is 0 Å². The van der Waals surface area contributed by atoms with E-state index in [4.69, 9.17) is 9.47 Å². The summed E-state index contributed by atoms with van der Waals surface area (Å²) in [5.74, 6) is 0.789. The van der Waals surface area contributed by atoms with E-state index in [0.717, 1.165) is 0 Å². The van der Waals surface area contributed by atoms with Gasteiger partial charge in [0.1, 0.15) is 19.0 Å². The van der Waals surface area contributed by atoms with Gasteiger partial charge < -0.3 is 14.8 Å². The van der Waals surface area contributed by atoms with Gasteiger partial charge in [-0.2, -0.15) is 0 Å². The molecule has 1 aliphatic heterocycles. The molecule has 0 aliphatic carbocycles. The maximum atomic E-state index is 13.0. The summed E-state index contributed by atoms with van der Waals surface area (Å²) < 4.78 is 24.6. The molecular formula is C21H17FN2O4S2. The highest BCUT2D eigenvalue weighted by Crippen LogP contribution is 2.32. The first-order chi connectivity index (χ1) is 14.6. The number of halogens is 1. The van der Waals surface area contributed by atoms with Gasteiger partial charge in [0.05, 0.1) is 17.9 Å². The van der Waals surface area contributed by atoms with Crippen LogP contribution in [0, 0.1) is 5.82 Å². The van der Waals surface area contributed by atoms with Crippen LogP contribution in [0.4, 0.5) is 10.1 Å². The molecule has 1 amide bonds. The first-order valence-corrected chi connectivity index (χ1v) is 11.0. The zero-order chi connectivity index (χ0) is 20.9. The number of carbonyl (C=O) groups is 2. The lowest BCUT2D eigenvalue weighted by molar-refractivity contribution is -0.115. The molecule has 1 N–H and O–H groups in total. The average molecular weight is 445 g/mol. The number of rotatable bonds is 7. The van der Waals surface area contributed by atoms with Gasteiger partial charge in [-0.3, -0.25) is 9.59 Å². The number of fused-ring (bicyclic) bond motifs is 1. The Labute approximate surface area is 180 Å². The van der Waals surface area contributed by atoms with Crippen LogP contribution in [0.5, 0.6) is 11.5 Å². The number of Topliss-reactive ketones (excluding diaryl/α,β-unsaturated/α-hetero) is 1. The van der Waals surface area contributed by atoms with E-state index in [1.807, 2.05) is 0 Å². The Hall–Kier alpha value is -2.91. The number of aromatic nitrogens is 1. The van der Waals surface area contributed by atoms with Gasteiger partial charge in [0.25, 0.3) is 0 Å². The summed E-state index contributed by atoms with van der Waals surface area (Å²) in [5.41, 5.74) is 1.71. The zero-order valence-corrected chi connectivity index (χ0v) is 17.4. The monoisotopic (exact) mass is 444 g/mol. The summed E-state index contributed by atoms with van der Waals surface area (Å²) >= 11 is 2.68. The first kappa shape index (κ1) is 20.4. The molecule has 0 radical (unpaired) electrons. The normalized spacial score (nSPS) is 12.4. The molecule has 6 nitrogen and oxygen atoms in total. The predicted octanol–water partition coefficient (Wildman–Crippen LogP) is 4.21. The summed E-state index contributed by atoms with van der Waals surface area (Å²) in [7, 11) is 0. The van der Waals surface area contributed by atoms with E-state index >= 15 is 0 Å². The van der Waals surface area contributed by atoms with Gasteiger partial charge in [-0.25, -0.2) is 9.37 Å². The van der Waals surface area contributed by atoms with Crippen LogP contribution in [-0.4, -0.2) is 35.6 Å². The minimum atomic E-state index is -0.377. The van der Waals surface area contributed by atoms with Gasteiger partial charge in [-0.05, 0) is 36.4 Å². The molecule has 0 bridgehead atoms. The number of thioether (sulfide) groups is 1. The van der Waals surface area contributed by atoms with Crippen LogP contribution in [0.3, 0.4) is 0 Å². The number of carbonyl (C=O) groups excluding carboxylic acids is 2. The van der Waals surface area contributed by atoms with Crippen LogP contribution < -0.4 is 14.8 Å². The minimum absolute atomic E-state index is 0.104. The Morgan fingerprint density at radius 1 is 1.10 bits per heavy atom. The summed E-state index contributed by atoms with van der Waals surface area (Å²) in [6, 6.07) is 10.7. The van der Waals surface area contributed by atoms with Crippen molar-refractivity contribution in [3.63, 3.8) is 0 Å². The Morgan fingerprint density at radius 3 is 2.67 bits per heavy atom. The van der Waals surface area contributed by atoms with Crippen molar-refractivity contribution in [3.05, 3.63) is 64.9 Å². The molecule has 1 aromatic heterocycles. The molecule has 2 aromatic carbocycles. The smallest absolute Gasteiger partial charge is 0.230 e. The van der Waals surface area contributed by atoms with Gasteiger partial charge >= 0.3 is 0 Å². The molecular weight excluding hydrogens is 427 g/mol. The standard InChI is InChI=1S/C21H17FN2O4S2/c22-14-3-1-13(2-4-14)17(25)12-30-21-24-16(11-29-21)10-20(26)23-15-5-6-18-19(9-15)28-8-7-27-18/h1-6,9,11H,7-8,10,12H2,(H,23,26). The molecule has 0 spiro atoms. The quantitative estimate of drug-likeness (QED) is 0.435. The van der Waals surface area contributed by atoms with E-state index in [9.17, 15) is 14.0 Å². The predicted molar refractivity (Wildman–Crippen MR) is 113 cm³/mol. The van der Waals surface area contributed by atoms with E-state index in [1.54, 1.807) is 23.6 Å². The van der Waals surface area contributed by atoms with Gasteiger partial charge in [0.15, 0.2) is 21.6 Å². The van der Waals surface area contributed by atoms with Gasteiger partial charge in [0, 0.05) is 22.7 Å². The summed E-state index contributed by atoms with van der Waals surface area (Å²) in [4.78, 5) is 28.9. The van der Waals surface area contributed by atoms with E-state index in [0.29, 0.717) is 46.0 Å². The Bertz CT molecular complexity index is 1070. The maximum absolute atomic E-state index is 13.0. The second-order valence-corrected chi connectivity index (χ2v) is 8.49. The van der Waals surface area contributed by atoms with E-state index in [1.165, 1.54) is 47.4 Å². The lowest BCUT2D eigenvalue weighted by atomic mass is 10.1. The van der Waals surface area contributed by atoms with Crippen molar-refractivity contribution in [2.75, 3.05) is 24.3 Å². The van der Waals surface area contributed by atoms with Crippen molar-refractivity contribution in [2.24, 2.45) is 0 Å². The molecule has 9 heteroatoms. The fraction of sp³-hybridized carbons (Fsp3) is 0.190. The number of amides is 1. The highest BCUT2D eigenvalue weighted by molar-refractivity contribution is 8.01. The molecule has 0 atom stereocenters. The lowest BCUT2D eigenvalue weighted by Crippen LogP contribution is -2.17. The van der Waals surface area contributed by atoms with Crippen LogP contribution >= 0.6 is 23.1 Å². The van der Waals surface area contributed by atoms with Crippen molar-refractivity contribution in [1.82, 2.24) is 4.98 Å². The largest absolute Gasteiger partial charge is 0.486 e. The number of anilines is 1. The Morgan fingerprint density at radius 2 is 1.87 bits per heavy atom. The van der Waals surface area contributed by atoms with Crippen molar-refractivity contribution >= 4 is 40.5 Å². The number of ketones is 1. The number of benzene rings is 2. The van der Waals surface area contributed by atoms with Crippen molar-refractivity contribution < 1.29 is 23.5 Å². The lowest BCUT2D eigenvalue weighted by Gasteiger charge is -2.18. The first-order valence-electron chi connectivity index (χ1n) is 9.12. The van der Waals surface area contributed by atoms with E-state index in [-0.39, 0.29) is 29.7 Å².